The summed E-state index contributed by atoms with van der Waals surface area (Å²) < 4.78 is 11.0. The minimum atomic E-state index is -0.547. The van der Waals surface area contributed by atoms with Crippen LogP contribution in [0.1, 0.15) is 90.4 Å². The van der Waals surface area contributed by atoms with E-state index >= 15 is 0 Å². The van der Waals surface area contributed by atoms with Crippen molar-refractivity contribution in [1.29, 1.82) is 0 Å². The van der Waals surface area contributed by atoms with Crippen molar-refractivity contribution in [3.05, 3.63) is 57.1 Å². The first-order valence-electron chi connectivity index (χ1n) is 14.9. The Morgan fingerprint density at radius 3 is 2.52 bits per heavy atom. The smallest absolute Gasteiger partial charge is 0.341 e. The molecular weight excluding hydrogens is 550 g/mol. The first kappa shape index (κ1) is 30.2. The summed E-state index contributed by atoms with van der Waals surface area (Å²) in [6, 6.07) is 7.87. The number of para-hydroxylation sites is 1. The number of pyridine rings is 1. The van der Waals surface area contributed by atoms with E-state index in [9.17, 15) is 14.4 Å². The Bertz CT molecular complexity index is 1520. The molecule has 224 valence electrons. The number of thiophene rings is 1. The van der Waals surface area contributed by atoms with Gasteiger partial charge in [-0.25, -0.2) is 9.59 Å². The fraction of sp³-hybridized carbons (Fsp3) is 0.515. The summed E-state index contributed by atoms with van der Waals surface area (Å²) >= 11 is 1.43. The lowest BCUT2D eigenvalue weighted by Crippen LogP contribution is -2.37. The number of hydrogen-bond acceptors (Lipinski definition) is 8. The van der Waals surface area contributed by atoms with Gasteiger partial charge >= 0.3 is 11.9 Å². The van der Waals surface area contributed by atoms with Crippen LogP contribution in [-0.4, -0.2) is 53.5 Å². The Kier molecular flexibility index (Phi) is 8.71. The summed E-state index contributed by atoms with van der Waals surface area (Å²) in [7, 11) is 0. The van der Waals surface area contributed by atoms with Crippen molar-refractivity contribution in [1.82, 2.24) is 9.88 Å². The van der Waals surface area contributed by atoms with Crippen LogP contribution >= 0.6 is 11.3 Å². The Hall–Kier alpha value is -3.30. The van der Waals surface area contributed by atoms with Crippen LogP contribution in [0, 0.1) is 11.3 Å². The van der Waals surface area contributed by atoms with Crippen LogP contribution in [0.4, 0.5) is 5.00 Å². The van der Waals surface area contributed by atoms with Gasteiger partial charge in [0.1, 0.15) is 5.00 Å². The standard InChI is InChI=1S/C33H41N3O5S/c1-7-40-32(39)29-22-13-12-20(33(4,5)6)16-26(22)42-30(29)35-27(37)18-41-31(38)28-21-10-8-9-11-24(21)34-25-14-15-36(19(2)3)17-23(25)28/h8-11,19-20H,7,12-18H2,1-6H3,(H,35,37). The molecule has 3 heterocycles. The number of carbonyl (C=O) groups is 3. The minimum Gasteiger partial charge on any atom is -0.462 e. The number of esters is 2. The largest absolute Gasteiger partial charge is 0.462 e. The predicted molar refractivity (Wildman–Crippen MR) is 165 cm³/mol. The molecular formula is C33H41N3O5S. The second kappa shape index (κ2) is 12.1. The van der Waals surface area contributed by atoms with Gasteiger partial charge in [0, 0.05) is 47.1 Å². The molecule has 1 amide bonds. The van der Waals surface area contributed by atoms with Crippen molar-refractivity contribution in [3.8, 4) is 0 Å². The van der Waals surface area contributed by atoms with Crippen LogP contribution in [0.2, 0.25) is 0 Å². The van der Waals surface area contributed by atoms with Crippen molar-refractivity contribution in [2.24, 2.45) is 11.3 Å². The molecule has 0 radical (unpaired) electrons. The first-order chi connectivity index (χ1) is 20.0. The molecule has 1 unspecified atom stereocenters. The Balaban J connectivity index is 1.37. The van der Waals surface area contributed by atoms with Gasteiger partial charge in [-0.2, -0.15) is 0 Å². The van der Waals surface area contributed by atoms with Gasteiger partial charge < -0.3 is 14.8 Å². The summed E-state index contributed by atoms with van der Waals surface area (Å²) in [6.45, 7) is 14.0. The molecule has 1 aliphatic carbocycles. The maximum absolute atomic E-state index is 13.6. The molecule has 3 aromatic rings. The lowest BCUT2D eigenvalue weighted by atomic mass is 9.72. The molecule has 0 bridgehead atoms. The lowest BCUT2D eigenvalue weighted by molar-refractivity contribution is -0.119. The predicted octanol–water partition coefficient (Wildman–Crippen LogP) is 6.19. The molecule has 0 saturated heterocycles. The summed E-state index contributed by atoms with van der Waals surface area (Å²) in [4.78, 5) is 48.0. The van der Waals surface area contributed by atoms with E-state index < -0.39 is 24.5 Å². The van der Waals surface area contributed by atoms with Gasteiger partial charge in [-0.15, -0.1) is 11.3 Å². The molecule has 9 heteroatoms. The first-order valence-corrected chi connectivity index (χ1v) is 15.7. The minimum absolute atomic E-state index is 0.145. The number of benzene rings is 1. The SMILES string of the molecule is CCOC(=O)c1c(NC(=O)COC(=O)c2c3c(nc4ccccc24)CCN(C(C)C)C3)sc2c1CCC(C(C)(C)C)C2. The van der Waals surface area contributed by atoms with Crippen LogP contribution in [0.25, 0.3) is 10.9 Å². The van der Waals surface area contributed by atoms with Crippen molar-refractivity contribution < 1.29 is 23.9 Å². The topological polar surface area (TPSA) is 97.8 Å². The molecule has 42 heavy (non-hydrogen) atoms. The van der Waals surface area contributed by atoms with Crippen molar-refractivity contribution >= 4 is 45.1 Å². The maximum Gasteiger partial charge on any atom is 0.341 e. The van der Waals surface area contributed by atoms with Crippen LogP contribution in [0.5, 0.6) is 0 Å². The number of nitrogens with one attached hydrogen (secondary N) is 1. The number of rotatable bonds is 7. The number of ether oxygens (including phenoxy) is 2. The van der Waals surface area contributed by atoms with E-state index in [1.165, 1.54) is 11.3 Å². The molecule has 1 N–H and O–H groups in total. The number of nitrogens with zero attached hydrogens (tertiary/aromatic N) is 2. The second-order valence-electron chi connectivity index (χ2n) is 12.6. The van der Waals surface area contributed by atoms with Crippen LogP contribution in [0.15, 0.2) is 24.3 Å². The second-order valence-corrected chi connectivity index (χ2v) is 13.7. The zero-order valence-corrected chi connectivity index (χ0v) is 26.3. The molecule has 2 aromatic heterocycles. The maximum atomic E-state index is 13.6. The highest BCUT2D eigenvalue weighted by Gasteiger charge is 2.35. The molecule has 0 saturated carbocycles. The molecule has 5 rings (SSSR count). The van der Waals surface area contributed by atoms with E-state index in [0.717, 1.165) is 64.8 Å². The molecule has 8 nitrogen and oxygen atoms in total. The number of carbonyl (C=O) groups excluding carboxylic acids is 3. The van der Waals surface area contributed by atoms with Crippen LogP contribution < -0.4 is 5.32 Å². The number of amides is 1. The highest BCUT2D eigenvalue weighted by Crippen LogP contribution is 2.44. The lowest BCUT2D eigenvalue weighted by Gasteiger charge is -2.33. The molecule has 1 aromatic carbocycles. The quantitative estimate of drug-likeness (QED) is 0.328. The van der Waals surface area contributed by atoms with E-state index in [1.54, 1.807) is 6.92 Å². The third-order valence-corrected chi connectivity index (χ3v) is 9.74. The van der Waals surface area contributed by atoms with Gasteiger partial charge in [0.15, 0.2) is 6.61 Å². The highest BCUT2D eigenvalue weighted by molar-refractivity contribution is 7.17. The van der Waals surface area contributed by atoms with Crippen molar-refractivity contribution in [2.75, 3.05) is 25.1 Å². The zero-order chi connectivity index (χ0) is 30.2. The Morgan fingerprint density at radius 2 is 1.81 bits per heavy atom. The van der Waals surface area contributed by atoms with Gasteiger partial charge in [0.25, 0.3) is 5.91 Å². The van der Waals surface area contributed by atoms with E-state index in [2.05, 4.69) is 44.8 Å². The number of hydrogen-bond donors (Lipinski definition) is 1. The van der Waals surface area contributed by atoms with Gasteiger partial charge in [-0.05, 0) is 63.0 Å². The van der Waals surface area contributed by atoms with Crippen LogP contribution in [0.3, 0.4) is 0 Å². The molecule has 0 spiro atoms. The van der Waals surface area contributed by atoms with Gasteiger partial charge in [-0.3, -0.25) is 14.7 Å². The number of fused-ring (bicyclic) bond motifs is 3. The molecule has 2 aliphatic rings. The number of aromatic nitrogens is 1. The average molecular weight is 592 g/mol. The van der Waals surface area contributed by atoms with E-state index in [-0.39, 0.29) is 12.0 Å². The van der Waals surface area contributed by atoms with Gasteiger partial charge in [0.2, 0.25) is 0 Å². The Morgan fingerprint density at radius 1 is 1.07 bits per heavy atom. The summed E-state index contributed by atoms with van der Waals surface area (Å²) in [5.74, 6) is -0.984. The highest BCUT2D eigenvalue weighted by atomic mass is 32.1. The summed E-state index contributed by atoms with van der Waals surface area (Å²) in [6.07, 6.45) is 3.34. The van der Waals surface area contributed by atoms with E-state index in [0.29, 0.717) is 34.6 Å². The molecule has 0 fully saturated rings. The normalized spacial score (nSPS) is 17.1. The van der Waals surface area contributed by atoms with Crippen LogP contribution in [-0.2, 0) is 40.1 Å². The summed E-state index contributed by atoms with van der Waals surface area (Å²) in [5.41, 5.74) is 4.53. The molecule has 1 aliphatic heterocycles. The van der Waals surface area contributed by atoms with Gasteiger partial charge in [-0.1, -0.05) is 39.0 Å². The average Bonchev–Trinajstić information content (AvgIpc) is 3.31. The number of anilines is 1. The van der Waals surface area contributed by atoms with E-state index in [1.807, 2.05) is 24.3 Å². The van der Waals surface area contributed by atoms with Gasteiger partial charge in [0.05, 0.1) is 23.3 Å². The zero-order valence-electron chi connectivity index (χ0n) is 25.5. The Labute approximate surface area is 251 Å². The fourth-order valence-electron chi connectivity index (χ4n) is 6.08. The third-order valence-electron chi connectivity index (χ3n) is 8.57. The monoisotopic (exact) mass is 591 g/mol. The van der Waals surface area contributed by atoms with Crippen molar-refractivity contribution in [2.45, 2.75) is 79.8 Å². The summed E-state index contributed by atoms with van der Waals surface area (Å²) in [5, 5.41) is 4.05. The third kappa shape index (κ3) is 6.08. The fourth-order valence-corrected chi connectivity index (χ4v) is 7.42. The van der Waals surface area contributed by atoms with E-state index in [4.69, 9.17) is 14.5 Å². The molecule has 1 atom stereocenters. The van der Waals surface area contributed by atoms with Crippen molar-refractivity contribution in [3.63, 3.8) is 0 Å².